The molecule has 1 saturated heterocycles. The second-order valence-corrected chi connectivity index (χ2v) is 5.24. The molecule has 0 spiro atoms. The Balaban J connectivity index is 2.40. The first-order valence-corrected chi connectivity index (χ1v) is 5.47. The third-order valence-electron chi connectivity index (χ3n) is 2.43. The largest absolute Gasteiger partial charge is 0.379 e. The Morgan fingerprint density at radius 2 is 2.14 bits per heavy atom. The number of hydrogen-bond acceptors (Lipinski definition) is 2. The summed E-state index contributed by atoms with van der Waals surface area (Å²) in [6.07, 6.45) is 0. The highest BCUT2D eigenvalue weighted by Crippen LogP contribution is 2.27. The molecule has 1 unspecified atom stereocenters. The van der Waals surface area contributed by atoms with Crippen LogP contribution in [0.25, 0.3) is 0 Å². The number of rotatable bonds is 2. The van der Waals surface area contributed by atoms with E-state index in [4.69, 9.17) is 17.0 Å². The van der Waals surface area contributed by atoms with Crippen LogP contribution in [-0.2, 0) is 4.74 Å². The average molecular weight is 216 g/mol. The van der Waals surface area contributed by atoms with Crippen molar-refractivity contribution in [2.45, 2.75) is 39.8 Å². The van der Waals surface area contributed by atoms with Crippen LogP contribution in [0.1, 0.15) is 27.7 Å². The van der Waals surface area contributed by atoms with Gasteiger partial charge in [-0.1, -0.05) is 13.8 Å². The Bertz CT molecular complexity index is 216. The molecule has 1 aliphatic rings. The van der Waals surface area contributed by atoms with Gasteiger partial charge in [0.1, 0.15) is 0 Å². The predicted molar refractivity (Wildman–Crippen MR) is 62.4 cm³/mol. The first-order chi connectivity index (χ1) is 6.42. The minimum atomic E-state index is 0.169. The highest BCUT2D eigenvalue weighted by Gasteiger charge is 2.35. The van der Waals surface area contributed by atoms with E-state index in [1.807, 2.05) is 0 Å². The van der Waals surface area contributed by atoms with E-state index >= 15 is 0 Å². The molecular weight excluding hydrogens is 196 g/mol. The molecule has 0 aromatic rings. The first-order valence-electron chi connectivity index (χ1n) is 5.06. The van der Waals surface area contributed by atoms with Crippen LogP contribution in [0.4, 0.5) is 0 Å². The van der Waals surface area contributed by atoms with Gasteiger partial charge in [0.25, 0.3) is 0 Å². The van der Waals surface area contributed by atoms with Gasteiger partial charge in [-0.05, 0) is 26.1 Å². The van der Waals surface area contributed by atoms with Crippen molar-refractivity contribution < 1.29 is 4.74 Å². The lowest BCUT2D eigenvalue weighted by Crippen LogP contribution is -2.49. The van der Waals surface area contributed by atoms with Crippen molar-refractivity contribution in [3.63, 3.8) is 0 Å². The van der Waals surface area contributed by atoms with Gasteiger partial charge in [-0.3, -0.25) is 0 Å². The molecule has 1 rings (SSSR count). The van der Waals surface area contributed by atoms with Gasteiger partial charge in [0, 0.05) is 11.5 Å². The Morgan fingerprint density at radius 3 is 2.57 bits per heavy atom. The number of ether oxygens (including phenoxy) is 1. The van der Waals surface area contributed by atoms with Gasteiger partial charge < -0.3 is 15.4 Å². The fourth-order valence-corrected chi connectivity index (χ4v) is 1.84. The monoisotopic (exact) mass is 216 g/mol. The average Bonchev–Trinajstić information content (AvgIpc) is 2.29. The first kappa shape index (κ1) is 11.7. The maximum Gasteiger partial charge on any atom is 0.166 e. The lowest BCUT2D eigenvalue weighted by Gasteiger charge is -2.27. The molecule has 0 radical (unpaired) electrons. The van der Waals surface area contributed by atoms with E-state index in [1.165, 1.54) is 0 Å². The SMILES string of the molecule is CC(C)NC(=S)NC1COCC1(C)C. The quantitative estimate of drug-likeness (QED) is 0.681. The van der Waals surface area contributed by atoms with Gasteiger partial charge >= 0.3 is 0 Å². The van der Waals surface area contributed by atoms with Gasteiger partial charge in [-0.15, -0.1) is 0 Å². The Morgan fingerprint density at radius 1 is 1.50 bits per heavy atom. The third-order valence-corrected chi connectivity index (χ3v) is 2.66. The summed E-state index contributed by atoms with van der Waals surface area (Å²) in [5.41, 5.74) is 0.169. The molecule has 0 aromatic heterocycles. The minimum absolute atomic E-state index is 0.169. The van der Waals surface area contributed by atoms with Crippen LogP contribution < -0.4 is 10.6 Å². The van der Waals surface area contributed by atoms with E-state index < -0.39 is 0 Å². The molecule has 2 N–H and O–H groups in total. The van der Waals surface area contributed by atoms with Crippen molar-refractivity contribution in [2.75, 3.05) is 13.2 Å². The lowest BCUT2D eigenvalue weighted by atomic mass is 9.88. The molecule has 1 aliphatic heterocycles. The van der Waals surface area contributed by atoms with Crippen molar-refractivity contribution in [1.29, 1.82) is 0 Å². The summed E-state index contributed by atoms with van der Waals surface area (Å²) in [5.74, 6) is 0. The molecule has 0 aliphatic carbocycles. The highest BCUT2D eigenvalue weighted by molar-refractivity contribution is 7.80. The highest BCUT2D eigenvalue weighted by atomic mass is 32.1. The van der Waals surface area contributed by atoms with Gasteiger partial charge in [0.05, 0.1) is 19.3 Å². The van der Waals surface area contributed by atoms with Crippen molar-refractivity contribution in [3.8, 4) is 0 Å². The molecule has 3 nitrogen and oxygen atoms in total. The van der Waals surface area contributed by atoms with Crippen LogP contribution in [0, 0.1) is 5.41 Å². The molecule has 0 aromatic carbocycles. The standard InChI is InChI=1S/C10H20N2OS/c1-7(2)11-9(14)12-8-5-13-6-10(8,3)4/h7-8H,5-6H2,1-4H3,(H2,11,12,14). The Kier molecular flexibility index (Phi) is 3.72. The van der Waals surface area contributed by atoms with Crippen LogP contribution in [0.5, 0.6) is 0 Å². The van der Waals surface area contributed by atoms with Crippen molar-refractivity contribution in [2.24, 2.45) is 5.41 Å². The molecule has 0 bridgehead atoms. The zero-order valence-electron chi connectivity index (χ0n) is 9.39. The number of thiocarbonyl (C=S) groups is 1. The Labute approximate surface area is 91.6 Å². The second kappa shape index (κ2) is 4.45. The van der Waals surface area contributed by atoms with Crippen LogP contribution in [0.2, 0.25) is 0 Å². The summed E-state index contributed by atoms with van der Waals surface area (Å²) in [7, 11) is 0. The maximum atomic E-state index is 5.43. The van der Waals surface area contributed by atoms with Crippen molar-refractivity contribution >= 4 is 17.3 Å². The summed E-state index contributed by atoms with van der Waals surface area (Å²) >= 11 is 5.19. The van der Waals surface area contributed by atoms with Gasteiger partial charge in [0.15, 0.2) is 5.11 Å². The van der Waals surface area contributed by atoms with E-state index in [1.54, 1.807) is 0 Å². The van der Waals surface area contributed by atoms with Gasteiger partial charge in [-0.2, -0.15) is 0 Å². The molecule has 14 heavy (non-hydrogen) atoms. The van der Waals surface area contributed by atoms with Crippen LogP contribution >= 0.6 is 12.2 Å². The topological polar surface area (TPSA) is 33.3 Å². The fourth-order valence-electron chi connectivity index (χ4n) is 1.47. The summed E-state index contributed by atoms with van der Waals surface area (Å²) in [6, 6.07) is 0.696. The van der Waals surface area contributed by atoms with Gasteiger partial charge in [-0.25, -0.2) is 0 Å². The Hall–Kier alpha value is -0.350. The second-order valence-electron chi connectivity index (χ2n) is 4.83. The molecule has 82 valence electrons. The smallest absolute Gasteiger partial charge is 0.166 e. The summed E-state index contributed by atoms with van der Waals surface area (Å²) < 4.78 is 5.43. The molecule has 0 saturated carbocycles. The molecule has 1 atom stereocenters. The van der Waals surface area contributed by atoms with Gasteiger partial charge in [0.2, 0.25) is 0 Å². The van der Waals surface area contributed by atoms with Crippen molar-refractivity contribution in [3.05, 3.63) is 0 Å². The zero-order valence-corrected chi connectivity index (χ0v) is 10.2. The molecule has 1 heterocycles. The maximum absolute atomic E-state index is 5.43. The molecular formula is C10H20N2OS. The van der Waals surface area contributed by atoms with E-state index in [9.17, 15) is 0 Å². The predicted octanol–water partition coefficient (Wildman–Crippen LogP) is 1.28. The summed E-state index contributed by atoms with van der Waals surface area (Å²) in [5, 5.41) is 7.19. The summed E-state index contributed by atoms with van der Waals surface area (Å²) in [4.78, 5) is 0. The lowest BCUT2D eigenvalue weighted by molar-refractivity contribution is 0.166. The van der Waals surface area contributed by atoms with Crippen LogP contribution in [-0.4, -0.2) is 30.4 Å². The zero-order chi connectivity index (χ0) is 10.8. The normalized spacial score (nSPS) is 25.1. The van der Waals surface area contributed by atoms with E-state index in [2.05, 4.69) is 38.3 Å². The third kappa shape index (κ3) is 3.10. The molecule has 1 fully saturated rings. The van der Waals surface area contributed by atoms with Crippen LogP contribution in [0.15, 0.2) is 0 Å². The number of nitrogens with one attached hydrogen (secondary N) is 2. The number of hydrogen-bond donors (Lipinski definition) is 2. The van der Waals surface area contributed by atoms with E-state index in [-0.39, 0.29) is 5.41 Å². The van der Waals surface area contributed by atoms with Crippen molar-refractivity contribution in [1.82, 2.24) is 10.6 Å². The molecule has 4 heteroatoms. The molecule has 0 amide bonds. The van der Waals surface area contributed by atoms with Crippen LogP contribution in [0.3, 0.4) is 0 Å². The fraction of sp³-hybridized carbons (Fsp3) is 0.900. The van der Waals surface area contributed by atoms with E-state index in [0.717, 1.165) is 18.3 Å². The summed E-state index contributed by atoms with van der Waals surface area (Å²) in [6.45, 7) is 10.1. The van der Waals surface area contributed by atoms with E-state index in [0.29, 0.717) is 12.1 Å². The minimum Gasteiger partial charge on any atom is -0.379 e.